The zero-order chi connectivity index (χ0) is 17.0. The van der Waals surface area contributed by atoms with E-state index >= 15 is 0 Å². The minimum Gasteiger partial charge on any atom is -0.444 e. The Bertz CT molecular complexity index is 565. The number of alkyl carbamates (subject to hydrolysis) is 1. The molecule has 1 aliphatic rings. The lowest BCUT2D eigenvalue weighted by molar-refractivity contribution is 0.0525. The molecule has 1 atom stereocenters. The van der Waals surface area contributed by atoms with Gasteiger partial charge in [0, 0.05) is 25.2 Å². The van der Waals surface area contributed by atoms with Gasteiger partial charge in [-0.1, -0.05) is 23.4 Å². The van der Waals surface area contributed by atoms with Crippen LogP contribution in [0.2, 0.25) is 5.15 Å². The van der Waals surface area contributed by atoms with Gasteiger partial charge in [-0.2, -0.15) is 0 Å². The molecule has 2 heterocycles. The molecular formula is C15H23ClN4O2S. The summed E-state index contributed by atoms with van der Waals surface area (Å²) in [5.41, 5.74) is -0.493. The van der Waals surface area contributed by atoms with E-state index in [0.29, 0.717) is 16.9 Å². The van der Waals surface area contributed by atoms with Gasteiger partial charge in [0.25, 0.3) is 0 Å². The van der Waals surface area contributed by atoms with Gasteiger partial charge < -0.3 is 15.0 Å². The van der Waals surface area contributed by atoms with E-state index in [2.05, 4.69) is 20.2 Å². The zero-order valence-electron chi connectivity index (χ0n) is 13.9. The van der Waals surface area contributed by atoms with E-state index in [1.54, 1.807) is 6.07 Å². The predicted octanol–water partition coefficient (Wildman–Crippen LogP) is 3.35. The lowest BCUT2D eigenvalue weighted by atomic mass is 10.2. The average Bonchev–Trinajstić information content (AvgIpc) is 2.91. The number of aromatic nitrogens is 2. The van der Waals surface area contributed by atoms with Gasteiger partial charge in [-0.05, 0) is 39.9 Å². The smallest absolute Gasteiger partial charge is 0.407 e. The lowest BCUT2D eigenvalue weighted by Gasteiger charge is -2.27. The predicted molar refractivity (Wildman–Crippen MR) is 93.4 cm³/mol. The largest absolute Gasteiger partial charge is 0.444 e. The molecule has 1 saturated heterocycles. The first-order chi connectivity index (χ1) is 10.8. The zero-order valence-corrected chi connectivity index (χ0v) is 15.5. The highest BCUT2D eigenvalue weighted by molar-refractivity contribution is 7.98. The third-order valence-electron chi connectivity index (χ3n) is 3.40. The number of thioether (sulfide) groups is 1. The van der Waals surface area contributed by atoms with Crippen molar-refractivity contribution in [2.45, 2.75) is 50.4 Å². The van der Waals surface area contributed by atoms with Crippen molar-refractivity contribution in [2.75, 3.05) is 24.2 Å². The number of carbonyl (C=O) groups excluding carboxylic acids is 1. The molecule has 1 aliphatic heterocycles. The SMILES string of the molecule is CSc1nc(Cl)cc(N2CCC[C@H]2CNC(=O)OC(C)(C)C)n1. The first-order valence-corrected chi connectivity index (χ1v) is 9.21. The topological polar surface area (TPSA) is 67.4 Å². The molecule has 1 amide bonds. The Hall–Kier alpha value is -1.21. The Morgan fingerprint density at radius 1 is 1.52 bits per heavy atom. The van der Waals surface area contributed by atoms with Crippen LogP contribution in [0, 0.1) is 0 Å². The number of hydrogen-bond acceptors (Lipinski definition) is 6. The molecular weight excluding hydrogens is 336 g/mol. The second-order valence-corrected chi connectivity index (χ2v) is 7.57. The number of anilines is 1. The van der Waals surface area contributed by atoms with Crippen molar-refractivity contribution in [1.29, 1.82) is 0 Å². The summed E-state index contributed by atoms with van der Waals surface area (Å²) in [6.45, 7) is 6.96. The molecule has 6 nitrogen and oxygen atoms in total. The van der Waals surface area contributed by atoms with Crippen molar-refractivity contribution in [1.82, 2.24) is 15.3 Å². The molecule has 0 unspecified atom stereocenters. The molecule has 0 spiro atoms. The number of carbonyl (C=O) groups is 1. The summed E-state index contributed by atoms with van der Waals surface area (Å²) < 4.78 is 5.28. The summed E-state index contributed by atoms with van der Waals surface area (Å²) >= 11 is 7.53. The Labute approximate surface area is 146 Å². The maximum atomic E-state index is 11.8. The van der Waals surface area contributed by atoms with Gasteiger partial charge in [0.2, 0.25) is 0 Å². The number of rotatable bonds is 4. The first kappa shape index (κ1) is 18.1. The fourth-order valence-electron chi connectivity index (χ4n) is 2.49. The highest BCUT2D eigenvalue weighted by atomic mass is 35.5. The molecule has 8 heteroatoms. The van der Waals surface area contributed by atoms with Gasteiger partial charge in [-0.15, -0.1) is 0 Å². The number of halogens is 1. The van der Waals surface area contributed by atoms with Crippen LogP contribution in [0.1, 0.15) is 33.6 Å². The average molecular weight is 359 g/mol. The van der Waals surface area contributed by atoms with Crippen molar-refractivity contribution in [3.63, 3.8) is 0 Å². The molecule has 1 aromatic rings. The number of nitrogens with one attached hydrogen (secondary N) is 1. The van der Waals surface area contributed by atoms with Crippen molar-refractivity contribution < 1.29 is 9.53 Å². The highest BCUT2D eigenvalue weighted by Crippen LogP contribution is 2.27. The second-order valence-electron chi connectivity index (χ2n) is 6.41. The summed E-state index contributed by atoms with van der Waals surface area (Å²) in [6, 6.07) is 1.95. The molecule has 1 aromatic heterocycles. The van der Waals surface area contributed by atoms with Crippen LogP contribution >= 0.6 is 23.4 Å². The van der Waals surface area contributed by atoms with E-state index in [0.717, 1.165) is 25.2 Å². The molecule has 0 saturated carbocycles. The summed E-state index contributed by atoms with van der Waals surface area (Å²) in [4.78, 5) is 22.7. The third-order valence-corrected chi connectivity index (χ3v) is 4.14. The maximum Gasteiger partial charge on any atom is 0.407 e. The van der Waals surface area contributed by atoms with E-state index in [-0.39, 0.29) is 6.04 Å². The monoisotopic (exact) mass is 358 g/mol. The van der Waals surface area contributed by atoms with Crippen LogP contribution in [0.4, 0.5) is 10.6 Å². The van der Waals surface area contributed by atoms with Gasteiger partial charge in [0.1, 0.15) is 16.6 Å². The standard InChI is InChI=1S/C15H23ClN4O2S/c1-15(2,3)22-14(21)17-9-10-6-5-7-20(10)12-8-11(16)18-13(19-12)23-4/h8,10H,5-7,9H2,1-4H3,(H,17,21)/t10-/m0/s1. The molecule has 128 valence electrons. The molecule has 1 fully saturated rings. The van der Waals surface area contributed by atoms with Crippen LogP contribution in [0.25, 0.3) is 0 Å². The van der Waals surface area contributed by atoms with E-state index in [1.807, 2.05) is 27.0 Å². The fourth-order valence-corrected chi connectivity index (χ4v) is 3.09. The van der Waals surface area contributed by atoms with Crippen LogP contribution in [0.3, 0.4) is 0 Å². The minimum absolute atomic E-state index is 0.184. The van der Waals surface area contributed by atoms with Crippen molar-refractivity contribution in [2.24, 2.45) is 0 Å². The van der Waals surface area contributed by atoms with E-state index in [4.69, 9.17) is 16.3 Å². The van der Waals surface area contributed by atoms with Gasteiger partial charge in [0.05, 0.1) is 0 Å². The molecule has 0 aliphatic carbocycles. The van der Waals surface area contributed by atoms with Crippen molar-refractivity contribution in [3.8, 4) is 0 Å². The van der Waals surface area contributed by atoms with E-state index in [9.17, 15) is 4.79 Å². The summed E-state index contributed by atoms with van der Waals surface area (Å²) in [5.74, 6) is 0.808. The van der Waals surface area contributed by atoms with Gasteiger partial charge in [0.15, 0.2) is 5.16 Å². The molecule has 2 rings (SSSR count). The van der Waals surface area contributed by atoms with E-state index < -0.39 is 11.7 Å². The number of ether oxygens (including phenoxy) is 1. The Morgan fingerprint density at radius 3 is 2.91 bits per heavy atom. The fraction of sp³-hybridized carbons (Fsp3) is 0.667. The third kappa shape index (κ3) is 5.42. The van der Waals surface area contributed by atoms with Crippen LogP contribution in [0.15, 0.2) is 11.2 Å². The van der Waals surface area contributed by atoms with Crippen molar-refractivity contribution >= 4 is 35.3 Å². The molecule has 1 N–H and O–H groups in total. The number of hydrogen-bond donors (Lipinski definition) is 1. The van der Waals surface area contributed by atoms with Crippen LogP contribution in [-0.4, -0.2) is 47.0 Å². The first-order valence-electron chi connectivity index (χ1n) is 7.60. The highest BCUT2D eigenvalue weighted by Gasteiger charge is 2.27. The van der Waals surface area contributed by atoms with Gasteiger partial charge in [-0.25, -0.2) is 14.8 Å². The van der Waals surface area contributed by atoms with Gasteiger partial charge in [-0.3, -0.25) is 0 Å². The van der Waals surface area contributed by atoms with Crippen LogP contribution in [0.5, 0.6) is 0 Å². The summed E-state index contributed by atoms with van der Waals surface area (Å²) in [7, 11) is 0. The summed E-state index contributed by atoms with van der Waals surface area (Å²) in [5, 5.41) is 3.93. The lowest BCUT2D eigenvalue weighted by Crippen LogP contribution is -2.42. The normalized spacial score (nSPS) is 18.1. The number of nitrogens with zero attached hydrogens (tertiary/aromatic N) is 3. The molecule has 0 bridgehead atoms. The summed E-state index contributed by atoms with van der Waals surface area (Å²) in [6.07, 6.45) is 3.57. The van der Waals surface area contributed by atoms with E-state index in [1.165, 1.54) is 11.8 Å². The number of amides is 1. The quantitative estimate of drug-likeness (QED) is 0.505. The molecule has 0 aromatic carbocycles. The molecule has 0 radical (unpaired) electrons. The Morgan fingerprint density at radius 2 is 2.26 bits per heavy atom. The Balaban J connectivity index is 2.00. The minimum atomic E-state index is -0.493. The van der Waals surface area contributed by atoms with Crippen molar-refractivity contribution in [3.05, 3.63) is 11.2 Å². The second kappa shape index (κ2) is 7.57. The van der Waals surface area contributed by atoms with Crippen LogP contribution < -0.4 is 10.2 Å². The van der Waals surface area contributed by atoms with Crippen LogP contribution in [-0.2, 0) is 4.74 Å². The Kier molecular flexibility index (Phi) is 5.97. The molecule has 23 heavy (non-hydrogen) atoms. The van der Waals surface area contributed by atoms with Gasteiger partial charge >= 0.3 is 6.09 Å². The maximum absolute atomic E-state index is 11.8.